The number of hydrogen-bond donors (Lipinski definition) is 1. The van der Waals surface area contributed by atoms with Crippen LogP contribution in [0.1, 0.15) is 73.7 Å². The van der Waals surface area contributed by atoms with E-state index < -0.39 is 0 Å². The first-order valence-corrected chi connectivity index (χ1v) is 13.3. The molecule has 1 amide bonds. The van der Waals surface area contributed by atoms with Crippen molar-refractivity contribution in [1.82, 2.24) is 20.3 Å². The van der Waals surface area contributed by atoms with Crippen molar-refractivity contribution in [2.24, 2.45) is 10.8 Å². The Morgan fingerprint density at radius 2 is 1.81 bits per heavy atom. The summed E-state index contributed by atoms with van der Waals surface area (Å²) in [6.07, 6.45) is 4.84. The van der Waals surface area contributed by atoms with Gasteiger partial charge in [0.25, 0.3) is 5.91 Å². The van der Waals surface area contributed by atoms with Crippen LogP contribution in [0, 0.1) is 17.8 Å². The van der Waals surface area contributed by atoms with E-state index in [1.165, 1.54) is 42.5 Å². The number of thiophene rings is 1. The van der Waals surface area contributed by atoms with E-state index in [4.69, 9.17) is 9.47 Å². The minimum atomic E-state index is -0.380. The molecule has 2 aromatic heterocycles. The number of fused-ring (bicyclic) bond motifs is 1. The van der Waals surface area contributed by atoms with E-state index in [-0.39, 0.29) is 5.91 Å². The van der Waals surface area contributed by atoms with Crippen LogP contribution in [0.25, 0.3) is 10.1 Å². The molecular formula is C28H33N5O3S. The number of tetrazole rings is 1. The molecule has 2 heterocycles. The van der Waals surface area contributed by atoms with Gasteiger partial charge in [0.15, 0.2) is 12.1 Å². The predicted octanol–water partition coefficient (Wildman–Crippen LogP) is 6.70. The van der Waals surface area contributed by atoms with E-state index >= 15 is 0 Å². The number of ether oxygens (including phenoxy) is 2. The van der Waals surface area contributed by atoms with Gasteiger partial charge in [-0.2, -0.15) is 0 Å². The standard InChI is InChI=1S/C28H33N5O3S/c1-17-11-23-21(12-22(17)35-6)24(25(37-23)26(34)31-33-30-16-29-32-33)36-20-9-7-18(8-10-20)19-13-27(2,3)15-28(4,5)14-19/h7-12,16,19H,13-15H2,1-6H3,(H,31,34). The number of aryl methyl sites for hydroxylation is 1. The Kier molecular flexibility index (Phi) is 6.43. The lowest BCUT2D eigenvalue weighted by Gasteiger charge is -2.45. The number of benzene rings is 2. The van der Waals surface area contributed by atoms with Gasteiger partial charge in [0, 0.05) is 10.1 Å². The van der Waals surface area contributed by atoms with Crippen molar-refractivity contribution in [2.75, 3.05) is 12.5 Å². The number of carbonyl (C=O) groups is 1. The van der Waals surface area contributed by atoms with Crippen LogP contribution in [0.2, 0.25) is 0 Å². The molecule has 1 saturated carbocycles. The Morgan fingerprint density at radius 3 is 2.43 bits per heavy atom. The van der Waals surface area contributed by atoms with Crippen molar-refractivity contribution in [3.63, 3.8) is 0 Å². The SMILES string of the molecule is COc1cc2c(Oc3ccc(C4CC(C)(C)CC(C)(C)C4)cc3)c(C(=O)Nn3ncnn3)sc2cc1C. The molecule has 2 aromatic carbocycles. The highest BCUT2D eigenvalue weighted by Gasteiger charge is 2.38. The third kappa shape index (κ3) is 5.32. The molecule has 0 radical (unpaired) electrons. The van der Waals surface area contributed by atoms with Crippen LogP contribution in [-0.2, 0) is 0 Å². The highest BCUT2D eigenvalue weighted by molar-refractivity contribution is 7.21. The topological polar surface area (TPSA) is 91.2 Å². The number of carbonyl (C=O) groups excluding carboxylic acids is 1. The molecular weight excluding hydrogens is 486 g/mol. The summed E-state index contributed by atoms with van der Waals surface area (Å²) in [7, 11) is 1.64. The monoisotopic (exact) mass is 519 g/mol. The van der Waals surface area contributed by atoms with Crippen molar-refractivity contribution < 1.29 is 14.3 Å². The second-order valence-corrected chi connectivity index (χ2v) is 12.6. The van der Waals surface area contributed by atoms with Crippen molar-refractivity contribution in [3.8, 4) is 17.2 Å². The van der Waals surface area contributed by atoms with Crippen LogP contribution in [-0.4, -0.2) is 33.3 Å². The smallest absolute Gasteiger partial charge is 0.286 e. The number of hydrogen-bond acceptors (Lipinski definition) is 7. The lowest BCUT2D eigenvalue weighted by atomic mass is 9.60. The van der Waals surface area contributed by atoms with E-state index in [1.807, 2.05) is 31.2 Å². The maximum atomic E-state index is 13.2. The summed E-state index contributed by atoms with van der Waals surface area (Å²) < 4.78 is 12.9. The molecule has 0 saturated heterocycles. The van der Waals surface area contributed by atoms with Gasteiger partial charge in [0.05, 0.1) is 7.11 Å². The van der Waals surface area contributed by atoms with Gasteiger partial charge in [-0.05, 0) is 83.5 Å². The van der Waals surface area contributed by atoms with E-state index in [0.29, 0.717) is 33.1 Å². The first-order valence-electron chi connectivity index (χ1n) is 12.5. The third-order valence-electron chi connectivity index (χ3n) is 7.04. The zero-order valence-corrected chi connectivity index (χ0v) is 23.0. The maximum Gasteiger partial charge on any atom is 0.286 e. The minimum Gasteiger partial charge on any atom is -0.496 e. The number of aromatic nitrogens is 4. The quantitative estimate of drug-likeness (QED) is 0.305. The fraction of sp³-hybridized carbons (Fsp3) is 0.429. The molecule has 0 atom stereocenters. The third-order valence-corrected chi connectivity index (χ3v) is 8.18. The van der Waals surface area contributed by atoms with Crippen LogP contribution in [0.3, 0.4) is 0 Å². The van der Waals surface area contributed by atoms with E-state index in [2.05, 4.69) is 60.7 Å². The largest absolute Gasteiger partial charge is 0.496 e. The van der Waals surface area contributed by atoms with Gasteiger partial charge in [0.1, 0.15) is 16.4 Å². The molecule has 4 aromatic rings. The molecule has 194 valence electrons. The fourth-order valence-electron chi connectivity index (χ4n) is 6.04. The van der Waals surface area contributed by atoms with Crippen molar-refractivity contribution in [1.29, 1.82) is 0 Å². The van der Waals surface area contributed by atoms with Gasteiger partial charge in [0.2, 0.25) is 0 Å². The molecule has 9 heteroatoms. The Morgan fingerprint density at radius 1 is 1.11 bits per heavy atom. The normalized spacial score (nSPS) is 17.0. The summed E-state index contributed by atoms with van der Waals surface area (Å²) in [5.74, 6) is 2.01. The molecule has 0 spiro atoms. The summed E-state index contributed by atoms with van der Waals surface area (Å²) >= 11 is 1.35. The number of nitrogens with zero attached hydrogens (tertiary/aromatic N) is 4. The van der Waals surface area contributed by atoms with Gasteiger partial charge < -0.3 is 9.47 Å². The summed E-state index contributed by atoms with van der Waals surface area (Å²) in [5, 5.41) is 12.1. The van der Waals surface area contributed by atoms with Crippen LogP contribution in [0.4, 0.5) is 0 Å². The van der Waals surface area contributed by atoms with Crippen molar-refractivity contribution >= 4 is 27.3 Å². The average molecular weight is 520 g/mol. The highest BCUT2D eigenvalue weighted by atomic mass is 32.1. The van der Waals surface area contributed by atoms with Gasteiger partial charge in [-0.15, -0.1) is 21.5 Å². The Labute approximate surface area is 220 Å². The predicted molar refractivity (Wildman–Crippen MR) is 145 cm³/mol. The van der Waals surface area contributed by atoms with Gasteiger partial charge >= 0.3 is 0 Å². The minimum absolute atomic E-state index is 0.315. The molecule has 1 aliphatic carbocycles. The molecule has 5 rings (SSSR count). The van der Waals surface area contributed by atoms with Gasteiger partial charge in [-0.3, -0.25) is 4.79 Å². The molecule has 1 N–H and O–H groups in total. The number of nitrogens with one attached hydrogen (secondary N) is 1. The first-order chi connectivity index (χ1) is 17.5. The second-order valence-electron chi connectivity index (χ2n) is 11.5. The summed E-state index contributed by atoms with van der Waals surface area (Å²) in [6, 6.07) is 12.2. The molecule has 37 heavy (non-hydrogen) atoms. The van der Waals surface area contributed by atoms with Crippen LogP contribution < -0.4 is 14.9 Å². The van der Waals surface area contributed by atoms with Crippen molar-refractivity contribution in [3.05, 3.63) is 58.7 Å². The van der Waals surface area contributed by atoms with Crippen LogP contribution in [0.15, 0.2) is 42.7 Å². The zero-order chi connectivity index (χ0) is 26.4. The van der Waals surface area contributed by atoms with Crippen LogP contribution in [0.5, 0.6) is 17.2 Å². The molecule has 0 aliphatic heterocycles. The number of amides is 1. The fourth-order valence-corrected chi connectivity index (χ4v) is 7.14. The summed E-state index contributed by atoms with van der Waals surface area (Å²) in [6.45, 7) is 11.5. The van der Waals surface area contributed by atoms with E-state index in [9.17, 15) is 4.79 Å². The lowest BCUT2D eigenvalue weighted by Crippen LogP contribution is -2.32. The highest BCUT2D eigenvalue weighted by Crippen LogP contribution is 2.52. The summed E-state index contributed by atoms with van der Waals surface area (Å²) in [5.41, 5.74) is 5.57. The van der Waals surface area contributed by atoms with Gasteiger partial charge in [-0.25, -0.2) is 5.43 Å². The lowest BCUT2D eigenvalue weighted by molar-refractivity contribution is 0.0968. The first kappa shape index (κ1) is 25.2. The molecule has 1 fully saturated rings. The molecule has 1 aliphatic rings. The van der Waals surface area contributed by atoms with E-state index in [0.717, 1.165) is 26.3 Å². The van der Waals surface area contributed by atoms with Crippen molar-refractivity contribution in [2.45, 2.75) is 59.8 Å². The second kappa shape index (κ2) is 9.45. The average Bonchev–Trinajstić information content (AvgIpc) is 3.45. The zero-order valence-electron chi connectivity index (χ0n) is 22.2. The van der Waals surface area contributed by atoms with Crippen LogP contribution >= 0.6 is 11.3 Å². The Bertz CT molecular complexity index is 1410. The maximum absolute atomic E-state index is 13.2. The molecule has 0 bridgehead atoms. The Balaban J connectivity index is 1.47. The van der Waals surface area contributed by atoms with Gasteiger partial charge in [-0.1, -0.05) is 44.7 Å². The summed E-state index contributed by atoms with van der Waals surface area (Å²) in [4.78, 5) is 14.6. The molecule has 0 unspecified atom stereocenters. The number of methoxy groups -OCH3 is 1. The Hall–Kier alpha value is -3.46. The van der Waals surface area contributed by atoms with E-state index in [1.54, 1.807) is 7.11 Å². The number of rotatable bonds is 6. The molecule has 8 nitrogen and oxygen atoms in total.